The van der Waals surface area contributed by atoms with Crippen molar-refractivity contribution in [2.75, 3.05) is 0 Å². The second kappa shape index (κ2) is 12.7. The van der Waals surface area contributed by atoms with E-state index in [0.717, 1.165) is 44.5 Å². The molecule has 0 aliphatic heterocycles. The van der Waals surface area contributed by atoms with Crippen LogP contribution in [0.4, 0.5) is 0 Å². The molecule has 4 N–H and O–H groups in total. The molecule has 4 rings (SSSR count). The number of halogens is 4. The van der Waals surface area contributed by atoms with Crippen LogP contribution in [0.15, 0.2) is 57.5 Å². The molecule has 0 saturated heterocycles. The SMILES string of the molecule is Cc1cc(C(C)(C)c2cc(C)c(O)c(Br)c2)cc(Br)c1O.Cc1cc(C(C)(C)c2cc(C)c(O)c(Cl)c2)cc(Cl)c1O. The Morgan fingerprint density at radius 1 is 0.452 bits per heavy atom. The second-order valence-corrected chi connectivity index (χ2v) is 14.3. The molecule has 0 radical (unpaired) electrons. The first-order valence-corrected chi connectivity index (χ1v) is 15.6. The van der Waals surface area contributed by atoms with E-state index in [1.807, 2.05) is 64.1 Å². The molecule has 0 atom stereocenters. The lowest BCUT2D eigenvalue weighted by Crippen LogP contribution is -2.19. The molecule has 0 unspecified atom stereocenters. The Labute approximate surface area is 275 Å². The number of aromatic hydroxyl groups is 4. The Hall–Kier alpha value is -2.38. The van der Waals surface area contributed by atoms with Crippen LogP contribution < -0.4 is 0 Å². The molecule has 0 bridgehead atoms. The average Bonchev–Trinajstić information content (AvgIpc) is 2.91. The van der Waals surface area contributed by atoms with Gasteiger partial charge in [0.1, 0.15) is 23.0 Å². The van der Waals surface area contributed by atoms with Gasteiger partial charge in [0.2, 0.25) is 0 Å². The van der Waals surface area contributed by atoms with Crippen LogP contribution in [0.1, 0.15) is 72.2 Å². The highest BCUT2D eigenvalue weighted by Gasteiger charge is 2.27. The predicted octanol–water partition coefficient (Wildman–Crippen LogP) is 10.9. The minimum atomic E-state index is -0.357. The van der Waals surface area contributed by atoms with E-state index in [-0.39, 0.29) is 33.8 Å². The van der Waals surface area contributed by atoms with Gasteiger partial charge in [0.25, 0.3) is 0 Å². The zero-order valence-corrected chi connectivity index (χ0v) is 29.6. The lowest BCUT2D eigenvalue weighted by Gasteiger charge is -2.28. The van der Waals surface area contributed by atoms with E-state index < -0.39 is 0 Å². The van der Waals surface area contributed by atoms with E-state index in [1.165, 1.54) is 0 Å². The highest BCUT2D eigenvalue weighted by molar-refractivity contribution is 9.10. The van der Waals surface area contributed by atoms with Crippen molar-refractivity contribution in [1.29, 1.82) is 0 Å². The summed E-state index contributed by atoms with van der Waals surface area (Å²) < 4.78 is 1.39. The van der Waals surface area contributed by atoms with Crippen LogP contribution >= 0.6 is 55.1 Å². The van der Waals surface area contributed by atoms with Crippen LogP contribution in [-0.2, 0) is 10.8 Å². The molecular formula is C34H36Br2Cl2O4. The average molecular weight is 739 g/mol. The van der Waals surface area contributed by atoms with Gasteiger partial charge in [-0.05, 0) is 128 Å². The van der Waals surface area contributed by atoms with Gasteiger partial charge in [0.15, 0.2) is 0 Å². The zero-order valence-electron chi connectivity index (χ0n) is 24.9. The summed E-state index contributed by atoms with van der Waals surface area (Å²) in [5, 5.41) is 40.1. The smallest absolute Gasteiger partial charge is 0.137 e. The summed E-state index contributed by atoms with van der Waals surface area (Å²) in [7, 11) is 0. The third kappa shape index (κ3) is 6.88. The summed E-state index contributed by atoms with van der Waals surface area (Å²) in [5.74, 6) is 0.766. The van der Waals surface area contributed by atoms with Gasteiger partial charge in [-0.15, -0.1) is 0 Å². The standard InChI is InChI=1S/C17H18Br2O2.C17H18Cl2O2/c2*1-9-5-11(7-13(18)15(9)20)17(3,4)12-6-10(2)16(21)14(19)8-12/h2*5-8,20-21H,1-4H3. The van der Waals surface area contributed by atoms with Crippen molar-refractivity contribution in [2.24, 2.45) is 0 Å². The highest BCUT2D eigenvalue weighted by atomic mass is 79.9. The number of hydrogen-bond donors (Lipinski definition) is 4. The minimum Gasteiger partial charge on any atom is -0.506 e. The molecule has 0 saturated carbocycles. The molecule has 0 amide bonds. The predicted molar refractivity (Wildman–Crippen MR) is 181 cm³/mol. The number of phenols is 4. The van der Waals surface area contributed by atoms with Gasteiger partial charge < -0.3 is 20.4 Å². The van der Waals surface area contributed by atoms with Crippen molar-refractivity contribution >= 4 is 55.1 Å². The summed E-state index contributed by atoms with van der Waals surface area (Å²) in [6.07, 6.45) is 0. The van der Waals surface area contributed by atoms with Crippen molar-refractivity contribution in [3.8, 4) is 23.0 Å². The molecule has 0 aromatic heterocycles. The van der Waals surface area contributed by atoms with Crippen molar-refractivity contribution < 1.29 is 20.4 Å². The van der Waals surface area contributed by atoms with Crippen LogP contribution in [0.3, 0.4) is 0 Å². The fraction of sp³-hybridized carbons (Fsp3) is 0.294. The van der Waals surface area contributed by atoms with Crippen LogP contribution in [0.25, 0.3) is 0 Å². The van der Waals surface area contributed by atoms with Crippen LogP contribution in [0.5, 0.6) is 23.0 Å². The van der Waals surface area contributed by atoms with Gasteiger partial charge in [-0.25, -0.2) is 0 Å². The third-order valence-corrected chi connectivity index (χ3v) is 9.69. The fourth-order valence-electron chi connectivity index (χ4n) is 4.72. The molecule has 4 aromatic rings. The molecule has 0 fully saturated rings. The Morgan fingerprint density at radius 3 is 0.929 bits per heavy atom. The van der Waals surface area contributed by atoms with Gasteiger partial charge in [0, 0.05) is 10.8 Å². The Balaban J connectivity index is 0.000000230. The molecule has 4 nitrogen and oxygen atoms in total. The fourth-order valence-corrected chi connectivity index (χ4v) is 6.37. The topological polar surface area (TPSA) is 80.9 Å². The summed E-state index contributed by atoms with van der Waals surface area (Å²) in [4.78, 5) is 0. The monoisotopic (exact) mass is 736 g/mol. The van der Waals surface area contributed by atoms with Gasteiger partial charge in [0.05, 0.1) is 19.0 Å². The Morgan fingerprint density at radius 2 is 0.690 bits per heavy atom. The number of hydrogen-bond acceptors (Lipinski definition) is 4. The van der Waals surface area contributed by atoms with Crippen molar-refractivity contribution in [2.45, 2.75) is 66.2 Å². The molecule has 0 aliphatic carbocycles. The van der Waals surface area contributed by atoms with Crippen LogP contribution in [0.2, 0.25) is 10.0 Å². The first-order chi connectivity index (χ1) is 19.3. The molecular weight excluding hydrogens is 703 g/mol. The van der Waals surface area contributed by atoms with Gasteiger partial charge in [-0.3, -0.25) is 0 Å². The normalized spacial score (nSPS) is 11.7. The number of phenolic OH excluding ortho intramolecular Hbond substituents is 4. The van der Waals surface area contributed by atoms with E-state index in [2.05, 4.69) is 59.6 Å². The Bertz CT molecular complexity index is 1330. The number of aryl methyl sites for hydroxylation is 4. The summed E-state index contributed by atoms with van der Waals surface area (Å²) >= 11 is 19.0. The van der Waals surface area contributed by atoms with E-state index in [1.54, 1.807) is 12.1 Å². The maximum absolute atomic E-state index is 9.90. The lowest BCUT2D eigenvalue weighted by atomic mass is 9.77. The largest absolute Gasteiger partial charge is 0.506 e. The van der Waals surface area contributed by atoms with E-state index >= 15 is 0 Å². The maximum Gasteiger partial charge on any atom is 0.137 e. The summed E-state index contributed by atoms with van der Waals surface area (Å²) in [6, 6.07) is 15.2. The molecule has 0 spiro atoms. The molecule has 0 heterocycles. The molecule has 4 aromatic carbocycles. The lowest BCUT2D eigenvalue weighted by molar-refractivity contribution is 0.465. The summed E-state index contributed by atoms with van der Waals surface area (Å²) in [5.41, 5.74) is 6.67. The van der Waals surface area contributed by atoms with Crippen molar-refractivity contribution in [3.05, 3.63) is 112 Å². The first kappa shape index (κ1) is 34.1. The second-order valence-electron chi connectivity index (χ2n) is 11.7. The molecule has 42 heavy (non-hydrogen) atoms. The number of rotatable bonds is 4. The van der Waals surface area contributed by atoms with E-state index in [0.29, 0.717) is 19.0 Å². The van der Waals surface area contributed by atoms with Gasteiger partial charge in [-0.1, -0.05) is 75.2 Å². The van der Waals surface area contributed by atoms with Crippen molar-refractivity contribution in [1.82, 2.24) is 0 Å². The molecule has 224 valence electrons. The molecule has 8 heteroatoms. The van der Waals surface area contributed by atoms with Gasteiger partial charge >= 0.3 is 0 Å². The molecule has 0 aliphatic rings. The Kier molecular flexibility index (Phi) is 10.3. The van der Waals surface area contributed by atoms with E-state index in [9.17, 15) is 20.4 Å². The summed E-state index contributed by atoms with van der Waals surface area (Å²) in [6.45, 7) is 15.8. The first-order valence-electron chi connectivity index (χ1n) is 13.3. The van der Waals surface area contributed by atoms with Crippen LogP contribution in [0, 0.1) is 27.7 Å². The minimum absolute atomic E-state index is 0.108. The van der Waals surface area contributed by atoms with E-state index in [4.69, 9.17) is 23.2 Å². The van der Waals surface area contributed by atoms with Crippen LogP contribution in [-0.4, -0.2) is 20.4 Å². The van der Waals surface area contributed by atoms with Crippen molar-refractivity contribution in [3.63, 3.8) is 0 Å². The maximum atomic E-state index is 9.90. The third-order valence-electron chi connectivity index (χ3n) is 7.90. The van der Waals surface area contributed by atoms with Gasteiger partial charge in [-0.2, -0.15) is 0 Å². The quantitative estimate of drug-likeness (QED) is 0.168. The number of benzene rings is 4. The highest BCUT2D eigenvalue weighted by Crippen LogP contribution is 2.42. The zero-order chi connectivity index (χ0) is 31.9.